The largest absolute Gasteiger partial charge is 0.472 e. The molecule has 1 atom stereocenters. The predicted octanol–water partition coefficient (Wildman–Crippen LogP) is 4.61. The highest BCUT2D eigenvalue weighted by molar-refractivity contribution is 6.32. The molecule has 1 saturated heterocycles. The van der Waals surface area contributed by atoms with E-state index in [0.29, 0.717) is 64.6 Å². The zero-order valence-corrected chi connectivity index (χ0v) is 20.1. The average molecular weight is 501 g/mol. The maximum atomic E-state index is 12.0. The molecule has 0 bridgehead atoms. The Morgan fingerprint density at radius 1 is 1.17 bits per heavy atom. The summed E-state index contributed by atoms with van der Waals surface area (Å²) >= 11 is 6.41. The van der Waals surface area contributed by atoms with Crippen LogP contribution in [0.1, 0.15) is 13.3 Å². The van der Waals surface area contributed by atoms with E-state index in [4.69, 9.17) is 21.1 Å². The van der Waals surface area contributed by atoms with E-state index < -0.39 is 0 Å². The van der Waals surface area contributed by atoms with Crippen LogP contribution in [0.5, 0.6) is 17.5 Å². The predicted molar refractivity (Wildman–Crippen MR) is 135 cm³/mol. The first-order valence-electron chi connectivity index (χ1n) is 11.2. The molecular formula is C26H21ClN6O3. The summed E-state index contributed by atoms with van der Waals surface area (Å²) in [5, 5.41) is 3.54. The molecule has 180 valence electrons. The molecule has 36 heavy (non-hydrogen) atoms. The lowest BCUT2D eigenvalue weighted by Crippen LogP contribution is -2.29. The molecule has 0 unspecified atom stereocenters. The molecule has 1 fully saturated rings. The van der Waals surface area contributed by atoms with Gasteiger partial charge in [0.2, 0.25) is 11.8 Å². The first kappa shape index (κ1) is 23.3. The van der Waals surface area contributed by atoms with Gasteiger partial charge in [-0.25, -0.2) is 19.9 Å². The molecule has 10 heteroatoms. The summed E-state index contributed by atoms with van der Waals surface area (Å²) in [6.45, 7) is 2.70. The summed E-state index contributed by atoms with van der Waals surface area (Å²) in [5.74, 6) is 6.84. The molecule has 1 aliphatic heterocycles. The summed E-state index contributed by atoms with van der Waals surface area (Å²) in [6.07, 6.45) is 3.58. The van der Waals surface area contributed by atoms with Gasteiger partial charge in [0.1, 0.15) is 28.7 Å². The minimum Gasteiger partial charge on any atom is -0.472 e. The summed E-state index contributed by atoms with van der Waals surface area (Å²) in [6, 6.07) is 14.5. The second-order valence-corrected chi connectivity index (χ2v) is 8.35. The van der Waals surface area contributed by atoms with Crippen LogP contribution in [-0.4, -0.2) is 49.9 Å². The van der Waals surface area contributed by atoms with Gasteiger partial charge in [0.15, 0.2) is 5.82 Å². The average Bonchev–Trinajstić information content (AvgIpc) is 3.35. The fourth-order valence-corrected chi connectivity index (χ4v) is 3.96. The maximum Gasteiger partial charge on any atom is 0.298 e. The van der Waals surface area contributed by atoms with Gasteiger partial charge in [0.25, 0.3) is 5.91 Å². The number of carbonyl (C=O) groups is 1. The van der Waals surface area contributed by atoms with E-state index in [0.717, 1.165) is 0 Å². The Bertz CT molecular complexity index is 1470. The van der Waals surface area contributed by atoms with Crippen molar-refractivity contribution in [3.63, 3.8) is 0 Å². The van der Waals surface area contributed by atoms with Crippen molar-refractivity contribution < 1.29 is 14.3 Å². The minimum atomic E-state index is -0.192. The van der Waals surface area contributed by atoms with Gasteiger partial charge in [-0.2, -0.15) is 0 Å². The van der Waals surface area contributed by atoms with Crippen LogP contribution in [0.2, 0.25) is 5.02 Å². The van der Waals surface area contributed by atoms with E-state index in [1.807, 2.05) is 36.4 Å². The Morgan fingerprint density at radius 3 is 2.83 bits per heavy atom. The molecular weight excluding hydrogens is 480 g/mol. The fourth-order valence-electron chi connectivity index (χ4n) is 3.75. The van der Waals surface area contributed by atoms with E-state index >= 15 is 0 Å². The van der Waals surface area contributed by atoms with Gasteiger partial charge in [-0.3, -0.25) is 4.79 Å². The smallest absolute Gasteiger partial charge is 0.298 e. The number of ether oxygens (including phenoxy) is 2. The molecule has 1 aliphatic rings. The Hall–Kier alpha value is -4.42. The highest BCUT2D eigenvalue weighted by atomic mass is 35.5. The fraction of sp³-hybridized carbons (Fsp3) is 0.192. The molecule has 0 saturated carbocycles. The molecule has 5 rings (SSSR count). The lowest BCUT2D eigenvalue weighted by molar-refractivity contribution is -0.124. The molecule has 1 N–H and O–H groups in total. The number of para-hydroxylation sites is 1. The third-order valence-corrected chi connectivity index (χ3v) is 5.71. The van der Waals surface area contributed by atoms with Gasteiger partial charge in [-0.05, 0) is 37.1 Å². The molecule has 3 aromatic heterocycles. The number of pyridine rings is 2. The SMILES string of the molecule is CC#CC(=O)N1CC[C@H](Oc2ccc3ncnc(Nc4cnc(Oc5ccccc5)c(Cl)c4)c3n2)C1. The maximum absolute atomic E-state index is 12.0. The molecule has 0 radical (unpaired) electrons. The van der Waals surface area contributed by atoms with Crippen molar-refractivity contribution >= 4 is 40.0 Å². The Balaban J connectivity index is 1.32. The molecule has 9 nitrogen and oxygen atoms in total. The number of rotatable bonds is 6. The second kappa shape index (κ2) is 10.5. The van der Waals surface area contributed by atoms with Crippen LogP contribution in [-0.2, 0) is 4.79 Å². The summed E-state index contributed by atoms with van der Waals surface area (Å²) in [5.41, 5.74) is 1.78. The Kier molecular flexibility index (Phi) is 6.78. The lowest BCUT2D eigenvalue weighted by atomic mass is 10.3. The Labute approximate surface area is 212 Å². The number of fused-ring (bicyclic) bond motifs is 1. The van der Waals surface area contributed by atoms with Gasteiger partial charge < -0.3 is 19.7 Å². The summed E-state index contributed by atoms with van der Waals surface area (Å²) in [4.78, 5) is 31.3. The van der Waals surface area contributed by atoms with Crippen molar-refractivity contribution in [3.8, 4) is 29.4 Å². The van der Waals surface area contributed by atoms with Crippen LogP contribution in [0.25, 0.3) is 11.0 Å². The standard InChI is InChI=1S/C26H21ClN6O3/c1-2-6-23(34)33-12-11-19(15-33)35-22-10-9-21-24(32-22)25(30-16-29-21)31-17-13-20(27)26(28-14-17)36-18-7-4-3-5-8-18/h3-5,7-10,13-14,16,19H,11-12,15H2,1H3,(H,29,30,31)/t19-/m0/s1. The number of amides is 1. The zero-order valence-electron chi connectivity index (χ0n) is 19.3. The molecule has 1 amide bonds. The number of hydrogen-bond donors (Lipinski definition) is 1. The van der Waals surface area contributed by atoms with Gasteiger partial charge in [-0.15, -0.1) is 0 Å². The number of benzene rings is 1. The van der Waals surface area contributed by atoms with Crippen LogP contribution in [0.3, 0.4) is 0 Å². The number of carbonyl (C=O) groups excluding carboxylic acids is 1. The Morgan fingerprint density at radius 2 is 2.03 bits per heavy atom. The van der Waals surface area contributed by atoms with E-state index in [-0.39, 0.29) is 12.0 Å². The van der Waals surface area contributed by atoms with E-state index in [1.165, 1.54) is 6.33 Å². The van der Waals surface area contributed by atoms with Crippen molar-refractivity contribution in [3.05, 3.63) is 66.1 Å². The van der Waals surface area contributed by atoms with Crippen molar-refractivity contribution in [1.29, 1.82) is 0 Å². The van der Waals surface area contributed by atoms with Crippen molar-refractivity contribution in [2.75, 3.05) is 18.4 Å². The highest BCUT2D eigenvalue weighted by Crippen LogP contribution is 2.31. The zero-order chi connectivity index (χ0) is 24.9. The number of nitrogens with zero attached hydrogens (tertiary/aromatic N) is 5. The molecule has 0 spiro atoms. The summed E-state index contributed by atoms with van der Waals surface area (Å²) < 4.78 is 11.8. The number of nitrogens with one attached hydrogen (secondary N) is 1. The number of hydrogen-bond acceptors (Lipinski definition) is 8. The van der Waals surface area contributed by atoms with Gasteiger partial charge in [-0.1, -0.05) is 35.7 Å². The number of halogens is 1. The van der Waals surface area contributed by atoms with Crippen molar-refractivity contribution in [1.82, 2.24) is 24.8 Å². The third kappa shape index (κ3) is 5.29. The highest BCUT2D eigenvalue weighted by Gasteiger charge is 2.27. The number of aromatic nitrogens is 4. The second-order valence-electron chi connectivity index (χ2n) is 7.95. The molecule has 4 aromatic rings. The van der Waals surface area contributed by atoms with Gasteiger partial charge >= 0.3 is 0 Å². The first-order chi connectivity index (χ1) is 17.6. The monoisotopic (exact) mass is 500 g/mol. The van der Waals surface area contributed by atoms with Gasteiger partial charge in [0, 0.05) is 19.0 Å². The molecule has 1 aromatic carbocycles. The molecule has 0 aliphatic carbocycles. The number of anilines is 2. The van der Waals surface area contributed by atoms with Crippen molar-refractivity contribution in [2.45, 2.75) is 19.4 Å². The van der Waals surface area contributed by atoms with E-state index in [1.54, 1.807) is 30.2 Å². The van der Waals surface area contributed by atoms with Crippen LogP contribution < -0.4 is 14.8 Å². The van der Waals surface area contributed by atoms with E-state index in [2.05, 4.69) is 37.1 Å². The topological polar surface area (TPSA) is 102 Å². The van der Waals surface area contributed by atoms with Crippen LogP contribution in [0.4, 0.5) is 11.5 Å². The lowest BCUT2D eigenvalue weighted by Gasteiger charge is -2.15. The van der Waals surface area contributed by atoms with Crippen LogP contribution in [0.15, 0.2) is 61.1 Å². The van der Waals surface area contributed by atoms with Crippen LogP contribution in [0, 0.1) is 11.8 Å². The summed E-state index contributed by atoms with van der Waals surface area (Å²) in [7, 11) is 0. The third-order valence-electron chi connectivity index (χ3n) is 5.44. The minimum absolute atomic E-state index is 0.168. The molecule has 4 heterocycles. The van der Waals surface area contributed by atoms with Crippen LogP contribution >= 0.6 is 11.6 Å². The number of likely N-dealkylation sites (tertiary alicyclic amines) is 1. The van der Waals surface area contributed by atoms with Gasteiger partial charge in [0.05, 0.1) is 23.9 Å². The quantitative estimate of drug-likeness (QED) is 0.383. The normalized spacial score (nSPS) is 14.7. The first-order valence-corrected chi connectivity index (χ1v) is 11.6. The van der Waals surface area contributed by atoms with Crippen molar-refractivity contribution in [2.24, 2.45) is 0 Å². The van der Waals surface area contributed by atoms with E-state index in [9.17, 15) is 4.79 Å².